The Morgan fingerprint density at radius 2 is 2.18 bits per heavy atom. The molecule has 98 valence electrons. The zero-order valence-electron chi connectivity index (χ0n) is 10.7. The van der Waals surface area contributed by atoms with Gasteiger partial charge in [0.2, 0.25) is 5.91 Å². The first kappa shape index (κ1) is 14.1. The molecule has 1 aliphatic rings. The van der Waals surface area contributed by atoms with Gasteiger partial charge in [-0.25, -0.2) is 0 Å². The minimum Gasteiger partial charge on any atom is -0.381 e. The molecule has 0 aromatic carbocycles. The van der Waals surface area contributed by atoms with Gasteiger partial charge in [-0.3, -0.25) is 14.5 Å². The summed E-state index contributed by atoms with van der Waals surface area (Å²) in [4.78, 5) is 25.2. The lowest BCUT2D eigenvalue weighted by Crippen LogP contribution is -2.40. The SMILES string of the molecule is CCCN(CC(=O)NC)CC(=O)C1CCOC1. The number of ketones is 1. The first-order valence-corrected chi connectivity index (χ1v) is 6.20. The molecule has 1 rings (SSSR count). The van der Waals surface area contributed by atoms with Gasteiger partial charge in [0, 0.05) is 19.6 Å². The second kappa shape index (κ2) is 7.40. The van der Waals surface area contributed by atoms with Crippen LogP contribution in [0.5, 0.6) is 0 Å². The van der Waals surface area contributed by atoms with Gasteiger partial charge in [-0.1, -0.05) is 6.92 Å². The molecule has 1 fully saturated rings. The fourth-order valence-electron chi connectivity index (χ4n) is 1.95. The molecule has 1 unspecified atom stereocenters. The summed E-state index contributed by atoms with van der Waals surface area (Å²) in [5.41, 5.74) is 0. The number of carbonyl (C=O) groups is 2. The topological polar surface area (TPSA) is 58.6 Å². The van der Waals surface area contributed by atoms with Gasteiger partial charge in [0.1, 0.15) is 0 Å². The highest BCUT2D eigenvalue weighted by Crippen LogP contribution is 2.13. The van der Waals surface area contributed by atoms with E-state index in [4.69, 9.17) is 4.74 Å². The number of rotatable bonds is 7. The lowest BCUT2D eigenvalue weighted by atomic mass is 10.0. The first-order chi connectivity index (χ1) is 8.17. The van der Waals surface area contributed by atoms with Crippen molar-refractivity contribution in [1.29, 1.82) is 0 Å². The standard InChI is InChI=1S/C12H22N2O3/c1-3-5-14(8-12(16)13-2)7-11(15)10-4-6-17-9-10/h10H,3-9H2,1-2H3,(H,13,16). The maximum atomic E-state index is 11.9. The number of hydrogen-bond donors (Lipinski definition) is 1. The summed E-state index contributed by atoms with van der Waals surface area (Å²) in [7, 11) is 1.61. The van der Waals surface area contributed by atoms with Crippen molar-refractivity contribution in [2.45, 2.75) is 19.8 Å². The maximum absolute atomic E-state index is 11.9. The minimum atomic E-state index is -0.0473. The summed E-state index contributed by atoms with van der Waals surface area (Å²) < 4.78 is 5.20. The Morgan fingerprint density at radius 1 is 1.41 bits per heavy atom. The normalized spacial score (nSPS) is 19.6. The highest BCUT2D eigenvalue weighted by Gasteiger charge is 2.25. The zero-order valence-corrected chi connectivity index (χ0v) is 10.7. The predicted octanol–water partition coefficient (Wildman–Crippen LogP) is 0.0500. The third-order valence-electron chi connectivity index (χ3n) is 2.95. The van der Waals surface area contributed by atoms with Gasteiger partial charge in [0.05, 0.1) is 19.7 Å². The Hall–Kier alpha value is -0.940. The van der Waals surface area contributed by atoms with Crippen molar-refractivity contribution in [3.8, 4) is 0 Å². The minimum absolute atomic E-state index is 0.0269. The summed E-state index contributed by atoms with van der Waals surface area (Å²) in [6.45, 7) is 4.68. The summed E-state index contributed by atoms with van der Waals surface area (Å²) in [6.07, 6.45) is 1.75. The van der Waals surface area contributed by atoms with Crippen LogP contribution < -0.4 is 5.32 Å². The summed E-state index contributed by atoms with van der Waals surface area (Å²) in [5, 5.41) is 2.58. The zero-order chi connectivity index (χ0) is 12.7. The van der Waals surface area contributed by atoms with Crippen LogP contribution in [0, 0.1) is 5.92 Å². The lowest BCUT2D eigenvalue weighted by Gasteiger charge is -2.21. The number of Topliss-reactive ketones (excluding diaryl/α,β-unsaturated/α-hetero) is 1. The molecule has 0 bridgehead atoms. The summed E-state index contributed by atoms with van der Waals surface area (Å²) in [6, 6.07) is 0. The molecule has 1 aliphatic heterocycles. The number of nitrogens with zero attached hydrogens (tertiary/aromatic N) is 1. The molecule has 5 heteroatoms. The average molecular weight is 242 g/mol. The molecule has 0 aromatic heterocycles. The van der Waals surface area contributed by atoms with Gasteiger partial charge in [0.25, 0.3) is 0 Å². The molecule has 0 saturated carbocycles. The van der Waals surface area contributed by atoms with Crippen LogP contribution in [0.15, 0.2) is 0 Å². The van der Waals surface area contributed by atoms with Gasteiger partial charge in [-0.05, 0) is 19.4 Å². The van der Waals surface area contributed by atoms with E-state index in [0.29, 0.717) is 26.3 Å². The van der Waals surface area contributed by atoms with E-state index in [1.807, 2.05) is 11.8 Å². The van der Waals surface area contributed by atoms with Crippen molar-refractivity contribution in [3.05, 3.63) is 0 Å². The fourth-order valence-corrected chi connectivity index (χ4v) is 1.95. The van der Waals surface area contributed by atoms with E-state index < -0.39 is 0 Å². The molecule has 0 aliphatic carbocycles. The second-order valence-corrected chi connectivity index (χ2v) is 4.41. The summed E-state index contributed by atoms with van der Waals surface area (Å²) >= 11 is 0. The number of likely N-dealkylation sites (N-methyl/N-ethyl adjacent to an activating group) is 1. The number of hydrogen-bond acceptors (Lipinski definition) is 4. The van der Waals surface area contributed by atoms with Crippen molar-refractivity contribution >= 4 is 11.7 Å². The molecule has 1 N–H and O–H groups in total. The van der Waals surface area contributed by atoms with E-state index in [9.17, 15) is 9.59 Å². The molecule has 0 radical (unpaired) electrons. The Morgan fingerprint density at radius 3 is 2.71 bits per heavy atom. The Labute approximate surface area is 102 Å². The highest BCUT2D eigenvalue weighted by molar-refractivity contribution is 5.84. The van der Waals surface area contributed by atoms with Gasteiger partial charge in [-0.15, -0.1) is 0 Å². The Balaban J connectivity index is 2.41. The van der Waals surface area contributed by atoms with Crippen LogP contribution in [-0.2, 0) is 14.3 Å². The van der Waals surface area contributed by atoms with E-state index in [-0.39, 0.29) is 17.6 Å². The van der Waals surface area contributed by atoms with Crippen LogP contribution in [0.2, 0.25) is 0 Å². The van der Waals surface area contributed by atoms with Crippen molar-refractivity contribution in [2.75, 3.05) is 39.9 Å². The molecular weight excluding hydrogens is 220 g/mol. The van der Waals surface area contributed by atoms with Crippen LogP contribution in [0.25, 0.3) is 0 Å². The van der Waals surface area contributed by atoms with Gasteiger partial charge >= 0.3 is 0 Å². The highest BCUT2D eigenvalue weighted by atomic mass is 16.5. The predicted molar refractivity (Wildman–Crippen MR) is 64.7 cm³/mol. The van der Waals surface area contributed by atoms with Gasteiger partial charge in [0.15, 0.2) is 5.78 Å². The fraction of sp³-hybridized carbons (Fsp3) is 0.833. The van der Waals surface area contributed by atoms with Crippen molar-refractivity contribution in [1.82, 2.24) is 10.2 Å². The van der Waals surface area contributed by atoms with Crippen LogP contribution in [0.3, 0.4) is 0 Å². The average Bonchev–Trinajstić information content (AvgIpc) is 2.82. The van der Waals surface area contributed by atoms with Crippen LogP contribution in [0.4, 0.5) is 0 Å². The third-order valence-corrected chi connectivity index (χ3v) is 2.95. The molecule has 0 aromatic rings. The van der Waals surface area contributed by atoms with E-state index >= 15 is 0 Å². The molecule has 1 amide bonds. The quantitative estimate of drug-likeness (QED) is 0.685. The van der Waals surface area contributed by atoms with Gasteiger partial charge < -0.3 is 10.1 Å². The van der Waals surface area contributed by atoms with Crippen LogP contribution in [-0.4, -0.2) is 56.5 Å². The maximum Gasteiger partial charge on any atom is 0.233 e. The van der Waals surface area contributed by atoms with Crippen molar-refractivity contribution in [3.63, 3.8) is 0 Å². The molecule has 1 atom stereocenters. The number of carbonyl (C=O) groups excluding carboxylic acids is 2. The van der Waals surface area contributed by atoms with E-state index in [1.165, 1.54) is 0 Å². The monoisotopic (exact) mass is 242 g/mol. The van der Waals surface area contributed by atoms with Crippen LogP contribution in [0.1, 0.15) is 19.8 Å². The summed E-state index contributed by atoms with van der Waals surface area (Å²) in [5.74, 6) is 0.174. The molecule has 0 spiro atoms. The molecule has 1 heterocycles. The largest absolute Gasteiger partial charge is 0.381 e. The molecular formula is C12H22N2O3. The molecule has 5 nitrogen and oxygen atoms in total. The van der Waals surface area contributed by atoms with Crippen molar-refractivity contribution in [2.24, 2.45) is 5.92 Å². The third kappa shape index (κ3) is 4.83. The van der Waals surface area contributed by atoms with Crippen molar-refractivity contribution < 1.29 is 14.3 Å². The number of amides is 1. The van der Waals surface area contributed by atoms with Gasteiger partial charge in [-0.2, -0.15) is 0 Å². The molecule has 1 saturated heterocycles. The number of ether oxygens (including phenoxy) is 1. The van der Waals surface area contributed by atoms with E-state index in [1.54, 1.807) is 7.05 Å². The second-order valence-electron chi connectivity index (χ2n) is 4.41. The Kier molecular flexibility index (Phi) is 6.15. The van der Waals surface area contributed by atoms with E-state index in [2.05, 4.69) is 5.32 Å². The van der Waals surface area contributed by atoms with E-state index in [0.717, 1.165) is 19.4 Å². The first-order valence-electron chi connectivity index (χ1n) is 6.20. The van der Waals surface area contributed by atoms with Crippen LogP contribution >= 0.6 is 0 Å². The molecule has 17 heavy (non-hydrogen) atoms. The smallest absolute Gasteiger partial charge is 0.233 e. The Bertz CT molecular complexity index is 262. The number of nitrogens with one attached hydrogen (secondary N) is 1. The lowest BCUT2D eigenvalue weighted by molar-refractivity contribution is -0.126.